The summed E-state index contributed by atoms with van der Waals surface area (Å²) in [6, 6.07) is 7.55. The number of esters is 1. The topological polar surface area (TPSA) is 66.4 Å². The number of rotatable bonds is 6. The molecule has 1 aromatic rings. The maximum absolute atomic E-state index is 11.8. The lowest BCUT2D eigenvalue weighted by Gasteiger charge is -2.17. The molecular weight excluding hydrogens is 310 g/mol. The molecule has 1 atom stereocenters. The van der Waals surface area contributed by atoms with Gasteiger partial charge in [-0.25, -0.2) is 4.79 Å². The molecule has 1 aliphatic carbocycles. The zero-order valence-electron chi connectivity index (χ0n) is 14.1. The fourth-order valence-electron chi connectivity index (χ4n) is 3.04. The van der Waals surface area contributed by atoms with Gasteiger partial charge in [-0.05, 0) is 31.9 Å². The van der Waals surface area contributed by atoms with Gasteiger partial charge in [0.25, 0.3) is 0 Å². The quantitative estimate of drug-likeness (QED) is 0.591. The van der Waals surface area contributed by atoms with Crippen molar-refractivity contribution in [1.29, 1.82) is 0 Å². The van der Waals surface area contributed by atoms with Crippen LogP contribution in [0.1, 0.15) is 44.6 Å². The number of benzene rings is 1. The first-order valence-corrected chi connectivity index (χ1v) is 8.29. The third-order valence-electron chi connectivity index (χ3n) is 4.48. The lowest BCUT2D eigenvalue weighted by atomic mass is 9.96. The van der Waals surface area contributed by atoms with Crippen LogP contribution in [0.5, 0.6) is 5.75 Å². The van der Waals surface area contributed by atoms with Crippen LogP contribution in [0.4, 0.5) is 0 Å². The molecule has 130 valence electrons. The molecular formula is C18H23NO5. The molecule has 0 saturated heterocycles. The van der Waals surface area contributed by atoms with Crippen LogP contribution in [0.3, 0.4) is 0 Å². The average Bonchev–Trinajstić information content (AvgIpc) is 3.25. The lowest BCUT2D eigenvalue weighted by Crippen LogP contribution is -2.36. The maximum atomic E-state index is 11.8. The largest absolute Gasteiger partial charge is 0.468 e. The summed E-state index contributed by atoms with van der Waals surface area (Å²) < 4.78 is 16.2. The molecule has 0 spiro atoms. The molecule has 3 rings (SSSR count). The molecule has 0 N–H and O–H groups in total. The number of hydrogen-bond donors (Lipinski definition) is 0. The Morgan fingerprint density at radius 2 is 2.17 bits per heavy atom. The van der Waals surface area contributed by atoms with E-state index in [0.717, 1.165) is 18.4 Å². The van der Waals surface area contributed by atoms with E-state index in [9.17, 15) is 4.79 Å². The summed E-state index contributed by atoms with van der Waals surface area (Å²) in [7, 11) is 1.34. The zero-order chi connectivity index (χ0) is 17.0. The van der Waals surface area contributed by atoms with E-state index in [1.807, 2.05) is 24.3 Å². The number of methoxy groups -OCH3 is 1. The maximum Gasteiger partial charge on any atom is 0.353 e. The van der Waals surface area contributed by atoms with Crippen molar-refractivity contribution < 1.29 is 23.8 Å². The summed E-state index contributed by atoms with van der Waals surface area (Å²) in [5, 5.41) is 4.04. The number of hydrogen-bond acceptors (Lipinski definition) is 6. The summed E-state index contributed by atoms with van der Waals surface area (Å²) in [6.07, 6.45) is 5.38. The number of oxime groups is 1. The van der Waals surface area contributed by atoms with Gasteiger partial charge < -0.3 is 19.0 Å². The first-order valence-electron chi connectivity index (χ1n) is 8.29. The van der Waals surface area contributed by atoms with Gasteiger partial charge in [-0.2, -0.15) is 0 Å². The fourth-order valence-corrected chi connectivity index (χ4v) is 3.04. The normalized spacial score (nSPS) is 23.7. The van der Waals surface area contributed by atoms with Gasteiger partial charge in [-0.3, -0.25) is 0 Å². The predicted molar refractivity (Wildman–Crippen MR) is 87.9 cm³/mol. The van der Waals surface area contributed by atoms with Gasteiger partial charge in [0.05, 0.1) is 18.9 Å². The van der Waals surface area contributed by atoms with Gasteiger partial charge >= 0.3 is 5.97 Å². The summed E-state index contributed by atoms with van der Waals surface area (Å²) in [4.78, 5) is 17.1. The van der Waals surface area contributed by atoms with E-state index in [-0.39, 0.29) is 6.79 Å². The molecule has 6 nitrogen and oxygen atoms in total. The summed E-state index contributed by atoms with van der Waals surface area (Å²) in [6.45, 7) is 1.92. The van der Waals surface area contributed by atoms with Crippen molar-refractivity contribution in [2.75, 3.05) is 13.9 Å². The Bertz CT molecular complexity index is 624. The number of carbonyl (C=O) groups is 1. The minimum Gasteiger partial charge on any atom is -0.468 e. The Labute approximate surface area is 141 Å². The van der Waals surface area contributed by atoms with E-state index in [4.69, 9.17) is 19.0 Å². The minimum atomic E-state index is -1.06. The summed E-state index contributed by atoms with van der Waals surface area (Å²) >= 11 is 0. The Kier molecular flexibility index (Phi) is 5.04. The molecule has 1 aliphatic heterocycles. The van der Waals surface area contributed by atoms with Crippen LogP contribution in [-0.4, -0.2) is 37.3 Å². The molecule has 0 bridgehead atoms. The molecule has 1 saturated carbocycles. The average molecular weight is 333 g/mol. The van der Waals surface area contributed by atoms with Crippen LogP contribution in [0.15, 0.2) is 29.4 Å². The second kappa shape index (κ2) is 7.21. The third kappa shape index (κ3) is 3.70. The second-order valence-corrected chi connectivity index (χ2v) is 6.39. The molecule has 1 heterocycles. The van der Waals surface area contributed by atoms with Gasteiger partial charge in [0.15, 0.2) is 6.79 Å². The van der Waals surface area contributed by atoms with Gasteiger partial charge in [-0.1, -0.05) is 30.1 Å². The minimum absolute atomic E-state index is 0.247. The SMILES string of the molecule is COC(=O)C1(C)CC(c2cccc(OCOC3CCCC3)c2)=NO1. The summed E-state index contributed by atoms with van der Waals surface area (Å²) in [5.41, 5.74) is 0.498. The van der Waals surface area contributed by atoms with Gasteiger partial charge in [-0.15, -0.1) is 0 Å². The van der Waals surface area contributed by atoms with Gasteiger partial charge in [0.2, 0.25) is 5.60 Å². The van der Waals surface area contributed by atoms with Crippen LogP contribution in [0.25, 0.3) is 0 Å². The predicted octanol–water partition coefficient (Wildman–Crippen LogP) is 3.04. The van der Waals surface area contributed by atoms with E-state index in [2.05, 4.69) is 5.16 Å². The van der Waals surface area contributed by atoms with E-state index in [1.54, 1.807) is 6.92 Å². The molecule has 0 radical (unpaired) electrons. The van der Waals surface area contributed by atoms with Crippen LogP contribution < -0.4 is 4.74 Å². The van der Waals surface area contributed by atoms with E-state index in [1.165, 1.54) is 20.0 Å². The Morgan fingerprint density at radius 1 is 1.38 bits per heavy atom. The van der Waals surface area contributed by atoms with Crippen molar-refractivity contribution >= 4 is 11.7 Å². The van der Waals surface area contributed by atoms with Crippen molar-refractivity contribution in [1.82, 2.24) is 0 Å². The molecule has 0 aromatic heterocycles. The highest BCUT2D eigenvalue weighted by Gasteiger charge is 2.43. The molecule has 6 heteroatoms. The van der Waals surface area contributed by atoms with E-state index >= 15 is 0 Å². The highest BCUT2D eigenvalue weighted by atomic mass is 16.7. The highest BCUT2D eigenvalue weighted by molar-refractivity contribution is 6.04. The van der Waals surface area contributed by atoms with Crippen LogP contribution >= 0.6 is 0 Å². The first-order chi connectivity index (χ1) is 11.6. The first kappa shape index (κ1) is 16.8. The Hall–Kier alpha value is -2.08. The van der Waals surface area contributed by atoms with Crippen molar-refractivity contribution in [2.45, 2.75) is 50.7 Å². The van der Waals surface area contributed by atoms with Gasteiger partial charge in [0.1, 0.15) is 5.75 Å². The molecule has 1 unspecified atom stereocenters. The van der Waals surface area contributed by atoms with Gasteiger partial charge in [0, 0.05) is 12.0 Å². The monoisotopic (exact) mass is 333 g/mol. The molecule has 2 aliphatic rings. The molecule has 0 amide bonds. The number of carbonyl (C=O) groups excluding carboxylic acids is 1. The van der Waals surface area contributed by atoms with Crippen LogP contribution in [-0.2, 0) is 19.1 Å². The molecule has 1 fully saturated rings. The van der Waals surface area contributed by atoms with E-state index in [0.29, 0.717) is 24.0 Å². The number of nitrogens with zero attached hydrogens (tertiary/aromatic N) is 1. The lowest BCUT2D eigenvalue weighted by molar-refractivity contribution is -0.164. The Balaban J connectivity index is 1.58. The zero-order valence-corrected chi connectivity index (χ0v) is 14.1. The van der Waals surface area contributed by atoms with Crippen molar-refractivity contribution in [3.63, 3.8) is 0 Å². The van der Waals surface area contributed by atoms with Crippen LogP contribution in [0.2, 0.25) is 0 Å². The highest BCUT2D eigenvalue weighted by Crippen LogP contribution is 2.29. The smallest absolute Gasteiger partial charge is 0.353 e. The Morgan fingerprint density at radius 3 is 2.92 bits per heavy atom. The van der Waals surface area contributed by atoms with E-state index < -0.39 is 11.6 Å². The van der Waals surface area contributed by atoms with Crippen LogP contribution in [0, 0.1) is 0 Å². The third-order valence-corrected chi connectivity index (χ3v) is 4.48. The van der Waals surface area contributed by atoms with Crippen molar-refractivity contribution in [3.8, 4) is 5.75 Å². The fraction of sp³-hybridized carbons (Fsp3) is 0.556. The van der Waals surface area contributed by atoms with Crippen molar-refractivity contribution in [3.05, 3.63) is 29.8 Å². The molecule has 24 heavy (non-hydrogen) atoms. The standard InChI is InChI=1S/C18H23NO5/c1-18(17(20)21-2)11-16(19-24-18)13-6-5-9-15(10-13)23-12-22-14-7-3-4-8-14/h5-6,9-10,14H,3-4,7-8,11-12H2,1-2H3. The number of ether oxygens (including phenoxy) is 3. The summed E-state index contributed by atoms with van der Waals surface area (Å²) in [5.74, 6) is 0.276. The molecule has 1 aromatic carbocycles. The second-order valence-electron chi connectivity index (χ2n) is 6.39. The van der Waals surface area contributed by atoms with Crippen molar-refractivity contribution in [2.24, 2.45) is 5.16 Å².